The first-order valence-electron chi connectivity index (χ1n) is 7.47. The summed E-state index contributed by atoms with van der Waals surface area (Å²) in [5.41, 5.74) is 1.11. The van der Waals surface area contributed by atoms with E-state index in [1.54, 1.807) is 0 Å². The molecule has 1 aromatic rings. The van der Waals surface area contributed by atoms with Crippen LogP contribution < -0.4 is 0 Å². The van der Waals surface area contributed by atoms with Crippen molar-refractivity contribution in [3.05, 3.63) is 35.9 Å². The van der Waals surface area contributed by atoms with Crippen molar-refractivity contribution in [3.8, 4) is 0 Å². The Morgan fingerprint density at radius 1 is 1.10 bits per heavy atom. The second-order valence-electron chi connectivity index (χ2n) is 5.74. The quantitative estimate of drug-likeness (QED) is 0.800. The van der Waals surface area contributed by atoms with Gasteiger partial charge in [-0.05, 0) is 19.4 Å². The number of benzene rings is 1. The van der Waals surface area contributed by atoms with E-state index in [0.29, 0.717) is 6.61 Å². The predicted octanol–water partition coefficient (Wildman–Crippen LogP) is 2.95. The Morgan fingerprint density at radius 3 is 2.38 bits per heavy atom. The van der Waals surface area contributed by atoms with Gasteiger partial charge >= 0.3 is 5.97 Å². The van der Waals surface area contributed by atoms with Gasteiger partial charge in [-0.1, -0.05) is 37.3 Å². The van der Waals surface area contributed by atoms with Crippen LogP contribution in [0.4, 0.5) is 0 Å². The molecule has 1 heterocycles. The van der Waals surface area contributed by atoms with E-state index in [1.807, 2.05) is 44.2 Å². The van der Waals surface area contributed by atoms with E-state index in [1.165, 1.54) is 6.92 Å². The number of carbonyl (C=O) groups is 1. The summed E-state index contributed by atoms with van der Waals surface area (Å²) in [4.78, 5) is 11.3. The van der Waals surface area contributed by atoms with E-state index in [0.717, 1.165) is 5.56 Å². The molecule has 0 bridgehead atoms. The van der Waals surface area contributed by atoms with Crippen LogP contribution in [-0.4, -0.2) is 30.4 Å². The summed E-state index contributed by atoms with van der Waals surface area (Å²) >= 11 is 0. The van der Waals surface area contributed by atoms with Gasteiger partial charge in [-0.25, -0.2) is 0 Å². The fourth-order valence-corrected chi connectivity index (χ4v) is 2.74. The molecule has 2 rings (SSSR count). The fraction of sp³-hybridized carbons (Fsp3) is 0.588. The zero-order chi connectivity index (χ0) is 15.4. The first kappa shape index (κ1) is 16.0. The van der Waals surface area contributed by atoms with Gasteiger partial charge in [0.15, 0.2) is 6.10 Å². The van der Waals surface area contributed by atoms with Crippen LogP contribution in [0, 0.1) is 5.92 Å². The van der Waals surface area contributed by atoms with Gasteiger partial charge in [0.05, 0.1) is 18.8 Å². The largest absolute Gasteiger partial charge is 0.457 e. The highest BCUT2D eigenvalue weighted by Gasteiger charge is 2.42. The number of carbonyl (C=O) groups excluding carboxylic acids is 1. The van der Waals surface area contributed by atoms with Crippen molar-refractivity contribution in [2.45, 2.75) is 58.7 Å². The molecule has 4 heteroatoms. The van der Waals surface area contributed by atoms with E-state index < -0.39 is 0 Å². The molecule has 1 fully saturated rings. The number of ether oxygens (including phenoxy) is 3. The number of esters is 1. The highest BCUT2D eigenvalue weighted by molar-refractivity contribution is 5.66. The first-order valence-corrected chi connectivity index (χ1v) is 7.47. The van der Waals surface area contributed by atoms with Crippen molar-refractivity contribution in [2.75, 3.05) is 0 Å². The predicted molar refractivity (Wildman–Crippen MR) is 79.7 cm³/mol. The van der Waals surface area contributed by atoms with E-state index in [4.69, 9.17) is 14.2 Å². The van der Waals surface area contributed by atoms with Crippen LogP contribution >= 0.6 is 0 Å². The maximum Gasteiger partial charge on any atom is 0.303 e. The molecular formula is C17H24O4. The van der Waals surface area contributed by atoms with Crippen molar-refractivity contribution < 1.29 is 19.0 Å². The van der Waals surface area contributed by atoms with Gasteiger partial charge in [0.1, 0.15) is 6.10 Å². The van der Waals surface area contributed by atoms with Crippen molar-refractivity contribution in [1.82, 2.24) is 0 Å². The molecule has 0 aliphatic carbocycles. The van der Waals surface area contributed by atoms with Crippen LogP contribution in [0.25, 0.3) is 0 Å². The fourth-order valence-electron chi connectivity index (χ4n) is 2.74. The Balaban J connectivity index is 2.08. The van der Waals surface area contributed by atoms with Gasteiger partial charge in [-0.2, -0.15) is 0 Å². The molecule has 1 aromatic carbocycles. The molecule has 0 radical (unpaired) electrons. The second-order valence-corrected chi connectivity index (χ2v) is 5.74. The average Bonchev–Trinajstić information content (AvgIpc) is 2.45. The topological polar surface area (TPSA) is 44.8 Å². The molecule has 5 atom stereocenters. The van der Waals surface area contributed by atoms with Gasteiger partial charge in [0.25, 0.3) is 0 Å². The SMILES string of the molecule is CC(=O)O[C@H]1C(OCc2ccccc2)[C@@H](C)C(C)O[C@H]1C. The summed E-state index contributed by atoms with van der Waals surface area (Å²) in [6, 6.07) is 10.0. The third-order valence-corrected chi connectivity index (χ3v) is 4.06. The molecule has 21 heavy (non-hydrogen) atoms. The lowest BCUT2D eigenvalue weighted by atomic mass is 9.89. The zero-order valence-electron chi connectivity index (χ0n) is 13.1. The molecule has 116 valence electrons. The summed E-state index contributed by atoms with van der Waals surface area (Å²) in [5.74, 6) is -0.139. The molecule has 0 spiro atoms. The monoisotopic (exact) mass is 292 g/mol. The third-order valence-electron chi connectivity index (χ3n) is 4.06. The molecule has 0 saturated carbocycles. The summed E-state index contributed by atoms with van der Waals surface area (Å²) in [6.45, 7) is 7.96. The van der Waals surface area contributed by atoms with Crippen molar-refractivity contribution in [1.29, 1.82) is 0 Å². The molecule has 0 N–H and O–H groups in total. The second kappa shape index (κ2) is 7.05. The Morgan fingerprint density at radius 2 is 1.76 bits per heavy atom. The molecule has 1 aliphatic heterocycles. The molecule has 0 aromatic heterocycles. The molecule has 0 amide bonds. The molecule has 1 saturated heterocycles. The maximum atomic E-state index is 11.3. The van der Waals surface area contributed by atoms with E-state index >= 15 is 0 Å². The maximum absolute atomic E-state index is 11.3. The van der Waals surface area contributed by atoms with Gasteiger partial charge in [-0.15, -0.1) is 0 Å². The van der Waals surface area contributed by atoms with Gasteiger partial charge in [0.2, 0.25) is 0 Å². The lowest BCUT2D eigenvalue weighted by molar-refractivity contribution is -0.219. The minimum absolute atomic E-state index is 0.0765. The molecular weight excluding hydrogens is 268 g/mol. The van der Waals surface area contributed by atoms with Crippen LogP contribution in [0.5, 0.6) is 0 Å². The van der Waals surface area contributed by atoms with Crippen LogP contribution in [0.2, 0.25) is 0 Å². The lowest BCUT2D eigenvalue weighted by Gasteiger charge is -2.43. The van der Waals surface area contributed by atoms with Gasteiger partial charge in [0, 0.05) is 12.8 Å². The highest BCUT2D eigenvalue weighted by Crippen LogP contribution is 2.30. The highest BCUT2D eigenvalue weighted by atomic mass is 16.6. The van der Waals surface area contributed by atoms with Crippen molar-refractivity contribution >= 4 is 5.97 Å². The number of rotatable bonds is 4. The van der Waals surface area contributed by atoms with Crippen LogP contribution in [-0.2, 0) is 25.6 Å². The summed E-state index contributed by atoms with van der Waals surface area (Å²) in [5, 5.41) is 0. The molecule has 2 unspecified atom stereocenters. The van der Waals surface area contributed by atoms with E-state index in [9.17, 15) is 4.79 Å². The molecule has 4 nitrogen and oxygen atoms in total. The number of hydrogen-bond donors (Lipinski definition) is 0. The zero-order valence-corrected chi connectivity index (χ0v) is 13.1. The van der Waals surface area contributed by atoms with Gasteiger partial charge in [-0.3, -0.25) is 4.79 Å². The van der Waals surface area contributed by atoms with E-state index in [-0.39, 0.29) is 36.3 Å². The average molecular weight is 292 g/mol. The van der Waals surface area contributed by atoms with E-state index in [2.05, 4.69) is 6.92 Å². The summed E-state index contributed by atoms with van der Waals surface area (Å²) in [7, 11) is 0. The van der Waals surface area contributed by atoms with Crippen LogP contribution in [0.1, 0.15) is 33.3 Å². The Kier molecular flexibility index (Phi) is 5.37. The van der Waals surface area contributed by atoms with Gasteiger partial charge < -0.3 is 14.2 Å². The summed E-state index contributed by atoms with van der Waals surface area (Å²) in [6.07, 6.45) is -0.612. The Bertz CT molecular complexity index is 459. The van der Waals surface area contributed by atoms with Crippen LogP contribution in [0.3, 0.4) is 0 Å². The summed E-state index contributed by atoms with van der Waals surface area (Å²) < 4.78 is 17.3. The van der Waals surface area contributed by atoms with Crippen molar-refractivity contribution in [3.63, 3.8) is 0 Å². The normalized spacial score (nSPS) is 32.7. The molecule has 1 aliphatic rings. The lowest BCUT2D eigenvalue weighted by Crippen LogP contribution is -2.54. The first-order chi connectivity index (χ1) is 9.99. The third kappa shape index (κ3) is 4.05. The number of hydrogen-bond acceptors (Lipinski definition) is 4. The van der Waals surface area contributed by atoms with Crippen LogP contribution in [0.15, 0.2) is 30.3 Å². The Labute approximate surface area is 126 Å². The van der Waals surface area contributed by atoms with Crippen molar-refractivity contribution in [2.24, 2.45) is 5.92 Å². The Hall–Kier alpha value is -1.39. The minimum Gasteiger partial charge on any atom is -0.457 e. The standard InChI is InChI=1S/C17H24O4/c1-11-12(2)20-13(3)17(21-14(4)18)16(11)19-10-15-8-6-5-7-9-15/h5-9,11-13,16-17H,10H2,1-4H3/t11-,12?,13-,16?,17+/m0/s1. The minimum atomic E-state index is -0.364. The smallest absolute Gasteiger partial charge is 0.303 e.